The summed E-state index contributed by atoms with van der Waals surface area (Å²) in [5, 5.41) is 0. The number of nitrogens with zero attached hydrogens (tertiary/aromatic N) is 1. The summed E-state index contributed by atoms with van der Waals surface area (Å²) in [6, 6.07) is 6.49. The van der Waals surface area contributed by atoms with Gasteiger partial charge >= 0.3 is 0 Å². The van der Waals surface area contributed by atoms with Crippen LogP contribution in [-0.4, -0.2) is 23.0 Å². The molecule has 1 aliphatic heterocycles. The van der Waals surface area contributed by atoms with Crippen molar-refractivity contribution in [2.75, 3.05) is 13.1 Å². The molecule has 4 heteroatoms. The summed E-state index contributed by atoms with van der Waals surface area (Å²) in [6.07, 6.45) is 1.21. The molecule has 0 bridgehead atoms. The smallest absolute Gasteiger partial charge is 0.128 e. The van der Waals surface area contributed by atoms with Crippen LogP contribution in [0.3, 0.4) is 0 Å². The second-order valence-electron chi connectivity index (χ2n) is 5.73. The molecule has 2 N–H and O–H groups in total. The van der Waals surface area contributed by atoms with Gasteiger partial charge in [0, 0.05) is 18.7 Å². The molecule has 0 radical (unpaired) electrons. The van der Waals surface area contributed by atoms with Gasteiger partial charge in [-0.15, -0.1) is 0 Å². The standard InChI is InChI=1S/C15H21FN2S/c1-10-7-11(2)9-18(8-10)14(15(17)19)12-5-3-4-6-13(12)16/h3-6,10-11,14H,7-9H2,1-2H3,(H2,17,19). The van der Waals surface area contributed by atoms with Gasteiger partial charge in [0.05, 0.1) is 11.0 Å². The summed E-state index contributed by atoms with van der Waals surface area (Å²) < 4.78 is 14.0. The number of halogens is 1. The van der Waals surface area contributed by atoms with Crippen molar-refractivity contribution in [3.8, 4) is 0 Å². The Labute approximate surface area is 119 Å². The summed E-state index contributed by atoms with van der Waals surface area (Å²) in [5.74, 6) is 0.950. The molecule has 3 unspecified atom stereocenters. The average Bonchev–Trinajstić information content (AvgIpc) is 2.30. The van der Waals surface area contributed by atoms with E-state index in [-0.39, 0.29) is 11.9 Å². The minimum atomic E-state index is -0.290. The van der Waals surface area contributed by atoms with E-state index < -0.39 is 0 Å². The summed E-state index contributed by atoms with van der Waals surface area (Å²) in [5.41, 5.74) is 6.48. The average molecular weight is 280 g/mol. The summed E-state index contributed by atoms with van der Waals surface area (Å²) >= 11 is 5.19. The van der Waals surface area contributed by atoms with Crippen LogP contribution in [0.25, 0.3) is 0 Å². The first-order valence-electron chi connectivity index (χ1n) is 6.76. The lowest BCUT2D eigenvalue weighted by atomic mass is 9.89. The van der Waals surface area contributed by atoms with Crippen LogP contribution in [0.15, 0.2) is 24.3 Å². The Bertz CT molecular complexity index is 453. The van der Waals surface area contributed by atoms with Gasteiger partial charge < -0.3 is 5.73 Å². The molecule has 1 aromatic rings. The van der Waals surface area contributed by atoms with Gasteiger partial charge in [-0.25, -0.2) is 4.39 Å². The molecule has 0 aliphatic carbocycles. The fraction of sp³-hybridized carbons (Fsp3) is 0.533. The zero-order valence-electron chi connectivity index (χ0n) is 11.5. The summed E-state index contributed by atoms with van der Waals surface area (Å²) in [4.78, 5) is 2.57. The molecule has 2 rings (SSSR count). The SMILES string of the molecule is CC1CC(C)CN(C(C(N)=S)c2ccccc2F)C1. The number of likely N-dealkylation sites (tertiary alicyclic amines) is 1. The molecular formula is C15H21FN2S. The van der Waals surface area contributed by atoms with E-state index in [0.717, 1.165) is 13.1 Å². The molecule has 1 aliphatic rings. The maximum absolute atomic E-state index is 14.0. The molecule has 1 aromatic carbocycles. The van der Waals surface area contributed by atoms with Crippen molar-refractivity contribution in [2.24, 2.45) is 17.6 Å². The highest BCUT2D eigenvalue weighted by Gasteiger charge is 2.31. The maximum Gasteiger partial charge on any atom is 0.128 e. The normalized spacial score (nSPS) is 26.1. The molecule has 2 nitrogen and oxygen atoms in total. The first kappa shape index (κ1) is 14.4. The van der Waals surface area contributed by atoms with Crippen molar-refractivity contribution in [3.05, 3.63) is 35.6 Å². The number of hydrogen-bond donors (Lipinski definition) is 1. The van der Waals surface area contributed by atoms with E-state index in [2.05, 4.69) is 18.7 Å². The second-order valence-corrected chi connectivity index (χ2v) is 6.20. The van der Waals surface area contributed by atoms with Gasteiger partial charge in [-0.1, -0.05) is 44.3 Å². The monoisotopic (exact) mass is 280 g/mol. The van der Waals surface area contributed by atoms with E-state index >= 15 is 0 Å². The van der Waals surface area contributed by atoms with E-state index in [9.17, 15) is 4.39 Å². The molecular weight excluding hydrogens is 259 g/mol. The summed E-state index contributed by atoms with van der Waals surface area (Å²) in [7, 11) is 0. The fourth-order valence-corrected chi connectivity index (χ4v) is 3.42. The fourth-order valence-electron chi connectivity index (χ4n) is 3.15. The van der Waals surface area contributed by atoms with Gasteiger partial charge in [0.25, 0.3) is 0 Å². The van der Waals surface area contributed by atoms with Crippen LogP contribution in [0.1, 0.15) is 31.9 Å². The minimum Gasteiger partial charge on any atom is -0.392 e. The molecule has 104 valence electrons. The van der Waals surface area contributed by atoms with Gasteiger partial charge in [0.15, 0.2) is 0 Å². The van der Waals surface area contributed by atoms with Crippen LogP contribution in [0.5, 0.6) is 0 Å². The molecule has 0 saturated carbocycles. The lowest BCUT2D eigenvalue weighted by Crippen LogP contribution is -2.45. The Morgan fingerprint density at radius 1 is 1.32 bits per heavy atom. The molecule has 1 heterocycles. The number of rotatable bonds is 3. The molecule has 1 saturated heterocycles. The van der Waals surface area contributed by atoms with E-state index in [1.807, 2.05) is 6.07 Å². The van der Waals surface area contributed by atoms with E-state index in [4.69, 9.17) is 18.0 Å². The third-order valence-corrected chi connectivity index (χ3v) is 3.95. The van der Waals surface area contributed by atoms with Crippen LogP contribution < -0.4 is 5.73 Å². The van der Waals surface area contributed by atoms with Gasteiger partial charge in [0.2, 0.25) is 0 Å². The van der Waals surface area contributed by atoms with Crippen molar-refractivity contribution in [1.82, 2.24) is 4.90 Å². The Kier molecular flexibility index (Phi) is 4.53. The van der Waals surface area contributed by atoms with Crippen LogP contribution in [0, 0.1) is 17.7 Å². The number of thiocarbonyl (C=S) groups is 1. The topological polar surface area (TPSA) is 29.3 Å². The van der Waals surface area contributed by atoms with Crippen LogP contribution >= 0.6 is 12.2 Å². The van der Waals surface area contributed by atoms with Crippen molar-refractivity contribution < 1.29 is 4.39 Å². The van der Waals surface area contributed by atoms with Crippen molar-refractivity contribution in [2.45, 2.75) is 26.3 Å². The highest BCUT2D eigenvalue weighted by atomic mass is 32.1. The first-order valence-corrected chi connectivity index (χ1v) is 7.17. The maximum atomic E-state index is 14.0. The number of piperidine rings is 1. The van der Waals surface area contributed by atoms with Crippen molar-refractivity contribution in [3.63, 3.8) is 0 Å². The molecule has 3 atom stereocenters. The largest absolute Gasteiger partial charge is 0.392 e. The van der Waals surface area contributed by atoms with Crippen molar-refractivity contribution in [1.29, 1.82) is 0 Å². The molecule has 0 aromatic heterocycles. The molecule has 19 heavy (non-hydrogen) atoms. The van der Waals surface area contributed by atoms with Crippen LogP contribution in [0.4, 0.5) is 4.39 Å². The minimum absolute atomic E-state index is 0.230. The van der Waals surface area contributed by atoms with Crippen LogP contribution in [-0.2, 0) is 0 Å². The zero-order chi connectivity index (χ0) is 14.0. The Hall–Kier alpha value is -1.00. The number of nitrogens with two attached hydrogens (primary N) is 1. The third kappa shape index (κ3) is 3.31. The Morgan fingerprint density at radius 3 is 2.42 bits per heavy atom. The predicted molar refractivity (Wildman–Crippen MR) is 80.4 cm³/mol. The van der Waals surface area contributed by atoms with E-state index in [1.54, 1.807) is 12.1 Å². The first-order chi connectivity index (χ1) is 8.99. The predicted octanol–water partition coefficient (Wildman–Crippen LogP) is 3.13. The highest BCUT2D eigenvalue weighted by Crippen LogP contribution is 2.30. The lowest BCUT2D eigenvalue weighted by Gasteiger charge is -2.40. The van der Waals surface area contributed by atoms with Gasteiger partial charge in [-0.2, -0.15) is 0 Å². The quantitative estimate of drug-likeness (QED) is 0.863. The Morgan fingerprint density at radius 2 is 1.89 bits per heavy atom. The van der Waals surface area contributed by atoms with Crippen molar-refractivity contribution >= 4 is 17.2 Å². The van der Waals surface area contributed by atoms with Gasteiger partial charge in [-0.3, -0.25) is 4.90 Å². The Balaban J connectivity index is 2.31. The van der Waals surface area contributed by atoms with Gasteiger partial charge in [-0.05, 0) is 24.3 Å². The van der Waals surface area contributed by atoms with Gasteiger partial charge in [0.1, 0.15) is 5.82 Å². The number of benzene rings is 1. The second kappa shape index (κ2) is 5.97. The van der Waals surface area contributed by atoms with Crippen LogP contribution in [0.2, 0.25) is 0 Å². The third-order valence-electron chi connectivity index (χ3n) is 3.73. The lowest BCUT2D eigenvalue weighted by molar-refractivity contribution is 0.121. The number of hydrogen-bond acceptors (Lipinski definition) is 2. The molecule has 1 fully saturated rings. The van der Waals surface area contributed by atoms with E-state index in [1.165, 1.54) is 12.5 Å². The highest BCUT2D eigenvalue weighted by molar-refractivity contribution is 7.80. The zero-order valence-corrected chi connectivity index (χ0v) is 12.3. The van der Waals surface area contributed by atoms with E-state index in [0.29, 0.717) is 22.4 Å². The molecule has 0 spiro atoms. The summed E-state index contributed by atoms with van der Waals surface area (Å²) in [6.45, 7) is 6.28. The molecule has 0 amide bonds.